The molecule has 5 aliphatic rings. The van der Waals surface area contributed by atoms with Gasteiger partial charge in [-0.15, -0.1) is 0 Å². The number of ether oxygens (including phenoxy) is 3. The number of fused-ring (bicyclic) bond motifs is 3. The average molecular weight is 713 g/mol. The van der Waals surface area contributed by atoms with E-state index in [4.69, 9.17) is 29.2 Å². The van der Waals surface area contributed by atoms with E-state index in [1.165, 1.54) is 12.8 Å². The smallest absolute Gasteiger partial charge is 0.252 e. The van der Waals surface area contributed by atoms with E-state index in [1.54, 1.807) is 6.07 Å². The van der Waals surface area contributed by atoms with Crippen molar-refractivity contribution in [2.45, 2.75) is 102 Å². The third-order valence-electron chi connectivity index (χ3n) is 10.8. The summed E-state index contributed by atoms with van der Waals surface area (Å²) in [6.07, 6.45) is 11.1. The first-order valence-electron chi connectivity index (χ1n) is 17.9. The Bertz CT molecular complexity index is 1650. The molecule has 0 aliphatic carbocycles. The van der Waals surface area contributed by atoms with Gasteiger partial charge in [-0.3, -0.25) is 4.79 Å². The molecule has 12 heteroatoms. The number of hydrogen-bond donors (Lipinski definition) is 2. The number of rotatable bonds is 5. The minimum absolute atomic E-state index is 0. The largest absolute Gasteiger partial charge is 0.381 e. The topological polar surface area (TPSA) is 116 Å². The van der Waals surface area contributed by atoms with Crippen molar-refractivity contribution in [2.24, 2.45) is 5.92 Å². The summed E-state index contributed by atoms with van der Waals surface area (Å²) < 4.78 is 18.8. The molecule has 11 nitrogen and oxygen atoms in total. The van der Waals surface area contributed by atoms with Gasteiger partial charge in [0, 0.05) is 95.0 Å². The molecular weight excluding hydrogens is 657 g/mol. The fourth-order valence-electron chi connectivity index (χ4n) is 7.74. The summed E-state index contributed by atoms with van der Waals surface area (Å²) in [7, 11) is 0. The van der Waals surface area contributed by atoms with E-state index in [1.807, 2.05) is 23.0 Å². The minimum Gasteiger partial charge on any atom is -0.381 e. The molecule has 3 atom stereocenters. The van der Waals surface area contributed by atoms with E-state index in [-0.39, 0.29) is 56.1 Å². The van der Waals surface area contributed by atoms with Crippen LogP contribution in [0.4, 0.5) is 23.3 Å². The quantitative estimate of drug-likeness (QED) is 0.306. The van der Waals surface area contributed by atoms with Gasteiger partial charge in [0.2, 0.25) is 5.95 Å². The SMILES string of the molecule is CC1(C)C[C@H]2N(c3cccc([C@H]4CCCN4)n3)c3nc(Nc4ccn(C5CCOCC5)c(=O)c4)ncc3[C@@]2(C)CO1.CC1CCOCC1.[HH].[HH].[V]. The Balaban J connectivity index is 0.000000525. The molecule has 0 spiro atoms. The summed E-state index contributed by atoms with van der Waals surface area (Å²) >= 11 is 0. The molecule has 0 unspecified atom stereocenters. The van der Waals surface area contributed by atoms with Gasteiger partial charge in [0.1, 0.15) is 11.6 Å². The van der Waals surface area contributed by atoms with Crippen LogP contribution in [0.2, 0.25) is 0 Å². The van der Waals surface area contributed by atoms with Gasteiger partial charge in [-0.05, 0) is 89.5 Å². The van der Waals surface area contributed by atoms with E-state index in [2.05, 4.69) is 61.4 Å². The maximum absolute atomic E-state index is 13.0. The molecular formula is C37H55N7O4V. The van der Waals surface area contributed by atoms with Crippen molar-refractivity contribution in [3.8, 4) is 0 Å². The molecule has 0 saturated carbocycles. The average Bonchev–Trinajstić information content (AvgIpc) is 3.71. The van der Waals surface area contributed by atoms with Crippen molar-refractivity contribution in [3.63, 3.8) is 0 Å². The minimum atomic E-state index is -0.281. The van der Waals surface area contributed by atoms with Gasteiger partial charge in [0.25, 0.3) is 5.56 Å². The standard InChI is InChI=1S/C31H39N7O3.C6H12O.V.2H2/c1-30(2)17-25-31(3,19-41-30)22-18-33-29(34-20-9-13-37(27(39)16-20)21-10-14-40-15-11-21)36-28(22)38(25)26-8-4-6-24(35-26)23-7-5-12-32-23;1-6-2-4-7-5-3-6;;;/h4,6,8-9,13,16,18,21,23,25,32H,5,7,10-12,14-15,17,19H2,1-3H3,(H,33,34,36);6H,2-5H2,1H3;;2*1H/t23-,25-,31-;;;;/m1..../s1. The maximum Gasteiger partial charge on any atom is 0.252 e. The fourth-order valence-corrected chi connectivity index (χ4v) is 7.74. The summed E-state index contributed by atoms with van der Waals surface area (Å²) in [6.45, 7) is 13.8. The first-order chi connectivity index (χ1) is 23.2. The fraction of sp³-hybridized carbons (Fsp3) is 0.622. The van der Waals surface area contributed by atoms with Crippen molar-refractivity contribution in [1.82, 2.24) is 24.8 Å². The van der Waals surface area contributed by atoms with Crippen LogP contribution in [0.25, 0.3) is 0 Å². The molecule has 0 aromatic carbocycles. The second kappa shape index (κ2) is 15.2. The Kier molecular flexibility index (Phi) is 11.2. The van der Waals surface area contributed by atoms with Crippen molar-refractivity contribution >= 4 is 23.3 Å². The van der Waals surface area contributed by atoms with Crippen molar-refractivity contribution in [1.29, 1.82) is 0 Å². The molecule has 8 rings (SSSR count). The zero-order valence-corrected chi connectivity index (χ0v) is 30.8. The summed E-state index contributed by atoms with van der Waals surface area (Å²) in [5, 5.41) is 6.88. The Labute approximate surface area is 304 Å². The zero-order chi connectivity index (χ0) is 33.3. The predicted molar refractivity (Wildman–Crippen MR) is 191 cm³/mol. The van der Waals surface area contributed by atoms with Crippen LogP contribution < -0.4 is 21.1 Å². The Morgan fingerprint density at radius 2 is 1.76 bits per heavy atom. The van der Waals surface area contributed by atoms with Crippen LogP contribution in [-0.2, 0) is 38.2 Å². The van der Waals surface area contributed by atoms with E-state index in [0.717, 1.165) is 80.7 Å². The number of aromatic nitrogens is 4. The van der Waals surface area contributed by atoms with Gasteiger partial charge in [0.15, 0.2) is 0 Å². The predicted octanol–water partition coefficient (Wildman–Crippen LogP) is 6.45. The van der Waals surface area contributed by atoms with E-state index < -0.39 is 0 Å². The summed E-state index contributed by atoms with van der Waals surface area (Å²) in [6, 6.07) is 10.4. The Morgan fingerprint density at radius 1 is 1.00 bits per heavy atom. The normalized spacial score (nSPS) is 26.6. The number of nitrogens with one attached hydrogen (secondary N) is 2. The van der Waals surface area contributed by atoms with Crippen LogP contribution in [0.5, 0.6) is 0 Å². The first kappa shape index (κ1) is 36.0. The molecule has 267 valence electrons. The number of hydrogen-bond acceptors (Lipinski definition) is 10. The molecule has 3 aromatic heterocycles. The Morgan fingerprint density at radius 3 is 2.43 bits per heavy atom. The number of pyridine rings is 2. The van der Waals surface area contributed by atoms with Crippen LogP contribution in [-0.4, -0.2) is 70.7 Å². The summed E-state index contributed by atoms with van der Waals surface area (Å²) in [4.78, 5) is 30.2. The number of nitrogens with zero attached hydrogens (tertiary/aromatic N) is 5. The maximum atomic E-state index is 13.0. The monoisotopic (exact) mass is 712 g/mol. The third kappa shape index (κ3) is 7.77. The van der Waals surface area contributed by atoms with Gasteiger partial charge in [-0.2, -0.15) is 4.98 Å². The van der Waals surface area contributed by atoms with Crippen LogP contribution in [0, 0.1) is 5.92 Å². The molecule has 5 aliphatic heterocycles. The van der Waals surface area contributed by atoms with E-state index in [9.17, 15) is 4.79 Å². The van der Waals surface area contributed by atoms with Gasteiger partial charge in [0.05, 0.1) is 23.9 Å². The third-order valence-corrected chi connectivity index (χ3v) is 10.8. The van der Waals surface area contributed by atoms with Crippen LogP contribution in [0.15, 0.2) is 47.5 Å². The van der Waals surface area contributed by atoms with Crippen LogP contribution in [0.1, 0.15) is 98.8 Å². The van der Waals surface area contributed by atoms with Gasteiger partial charge in [-0.1, -0.05) is 19.9 Å². The van der Waals surface area contributed by atoms with Gasteiger partial charge < -0.3 is 34.3 Å². The molecule has 8 heterocycles. The molecule has 2 N–H and O–H groups in total. The molecule has 49 heavy (non-hydrogen) atoms. The molecule has 0 amide bonds. The molecule has 4 saturated heterocycles. The zero-order valence-electron chi connectivity index (χ0n) is 29.4. The molecule has 1 radical (unpaired) electrons. The number of anilines is 4. The van der Waals surface area contributed by atoms with Crippen LogP contribution in [0.3, 0.4) is 0 Å². The van der Waals surface area contributed by atoms with Crippen molar-refractivity contribution in [3.05, 3.63) is 64.3 Å². The second-order valence-corrected chi connectivity index (χ2v) is 15.0. The first-order valence-corrected chi connectivity index (χ1v) is 17.9. The van der Waals surface area contributed by atoms with Crippen molar-refractivity contribution < 1.29 is 35.6 Å². The van der Waals surface area contributed by atoms with Gasteiger partial charge >= 0.3 is 0 Å². The second-order valence-electron chi connectivity index (χ2n) is 15.0. The Hall–Kier alpha value is -2.80. The summed E-state index contributed by atoms with van der Waals surface area (Å²) in [5.41, 5.74) is 2.21. The van der Waals surface area contributed by atoms with Gasteiger partial charge in [-0.25, -0.2) is 9.97 Å². The molecule has 4 fully saturated rings. The molecule has 0 bridgehead atoms. The van der Waals surface area contributed by atoms with E-state index >= 15 is 0 Å². The summed E-state index contributed by atoms with van der Waals surface area (Å²) in [5.74, 6) is 3.10. The van der Waals surface area contributed by atoms with Crippen molar-refractivity contribution in [2.75, 3.05) is 49.8 Å². The molecule has 3 aromatic rings. The van der Waals surface area contributed by atoms with E-state index in [0.29, 0.717) is 31.5 Å². The van der Waals surface area contributed by atoms with Crippen LogP contribution >= 0.6 is 0 Å².